The second-order valence-electron chi connectivity index (χ2n) is 3.36. The lowest BCUT2D eigenvalue weighted by Crippen LogP contribution is -1.83. The predicted octanol–water partition coefficient (Wildman–Crippen LogP) is 3.45. The van der Waals surface area contributed by atoms with E-state index < -0.39 is 0 Å². The third-order valence-electron chi connectivity index (χ3n) is 2.16. The molecule has 0 saturated heterocycles. The van der Waals surface area contributed by atoms with Crippen molar-refractivity contribution < 1.29 is 0 Å². The highest BCUT2D eigenvalue weighted by atomic mass is 16.3. The molecule has 1 aromatic heterocycles. The van der Waals surface area contributed by atoms with Crippen LogP contribution in [0.25, 0.3) is 11.3 Å². The number of nitrogens with zero attached hydrogens (tertiary/aromatic N) is 2. The number of rotatable bonds is 2. The van der Waals surface area contributed by atoms with Gasteiger partial charge >= 0.3 is 0 Å². The molecule has 0 aliphatic heterocycles. The van der Waals surface area contributed by atoms with Gasteiger partial charge in [0.1, 0.15) is 5.69 Å². The molecule has 0 spiro atoms. The summed E-state index contributed by atoms with van der Waals surface area (Å²) >= 11 is 0. The number of pyridine rings is 1. The molecule has 0 atom stereocenters. The largest absolute Gasteiger partial charge is 0.256 e. The second kappa shape index (κ2) is 4.00. The Labute approximate surface area is 87.8 Å². The summed E-state index contributed by atoms with van der Waals surface area (Å²) in [7, 11) is 0. The minimum atomic E-state index is 0.426. The summed E-state index contributed by atoms with van der Waals surface area (Å²) < 4.78 is 0. The Balaban J connectivity index is 2.44. The molecule has 2 rings (SSSR count). The lowest BCUT2D eigenvalue weighted by Gasteiger charge is -2.00. The molecular formula is C12H10N2O. The van der Waals surface area contributed by atoms with Crippen LogP contribution in [0.1, 0.15) is 5.56 Å². The molecule has 74 valence electrons. The summed E-state index contributed by atoms with van der Waals surface area (Å²) in [5, 5.41) is 2.90. The molecule has 0 bridgehead atoms. The molecule has 15 heavy (non-hydrogen) atoms. The van der Waals surface area contributed by atoms with Crippen LogP contribution < -0.4 is 0 Å². The van der Waals surface area contributed by atoms with E-state index in [2.05, 4.69) is 10.2 Å². The average Bonchev–Trinajstić information content (AvgIpc) is 2.30. The lowest BCUT2D eigenvalue weighted by atomic mass is 10.1. The van der Waals surface area contributed by atoms with E-state index in [0.717, 1.165) is 16.8 Å². The predicted molar refractivity (Wildman–Crippen MR) is 59.9 cm³/mol. The van der Waals surface area contributed by atoms with E-state index in [4.69, 9.17) is 0 Å². The normalized spacial score (nSPS) is 9.93. The summed E-state index contributed by atoms with van der Waals surface area (Å²) in [4.78, 5) is 14.7. The van der Waals surface area contributed by atoms with Crippen molar-refractivity contribution in [1.29, 1.82) is 0 Å². The van der Waals surface area contributed by atoms with Crippen LogP contribution in [-0.4, -0.2) is 4.98 Å². The zero-order chi connectivity index (χ0) is 10.7. The van der Waals surface area contributed by atoms with E-state index in [1.165, 1.54) is 0 Å². The molecule has 0 aliphatic carbocycles. The zero-order valence-corrected chi connectivity index (χ0v) is 8.34. The molecule has 0 N–H and O–H groups in total. The van der Waals surface area contributed by atoms with Crippen molar-refractivity contribution in [1.82, 2.24) is 4.98 Å². The first-order chi connectivity index (χ1) is 7.29. The van der Waals surface area contributed by atoms with Gasteiger partial charge in [0, 0.05) is 11.8 Å². The Kier molecular flexibility index (Phi) is 2.54. The van der Waals surface area contributed by atoms with Crippen LogP contribution in [0.2, 0.25) is 0 Å². The Bertz CT molecular complexity index is 477. The fourth-order valence-electron chi connectivity index (χ4n) is 1.36. The smallest absolute Gasteiger partial charge is 0.108 e. The number of hydrogen-bond donors (Lipinski definition) is 0. The summed E-state index contributed by atoms with van der Waals surface area (Å²) in [6, 6.07) is 11.0. The maximum absolute atomic E-state index is 10.4. The van der Waals surface area contributed by atoms with Crippen molar-refractivity contribution in [3.8, 4) is 11.3 Å². The lowest BCUT2D eigenvalue weighted by molar-refractivity contribution is 1.27. The first kappa shape index (κ1) is 9.52. The summed E-state index contributed by atoms with van der Waals surface area (Å²) in [6.45, 7) is 1.99. The molecule has 0 amide bonds. The van der Waals surface area contributed by atoms with Crippen molar-refractivity contribution in [3.05, 3.63) is 53.1 Å². The number of aromatic nitrogens is 1. The molecule has 0 aliphatic rings. The van der Waals surface area contributed by atoms with Gasteiger partial charge in [-0.05, 0) is 35.9 Å². The molecule has 1 aromatic carbocycles. The van der Waals surface area contributed by atoms with Crippen LogP contribution in [-0.2, 0) is 0 Å². The number of nitroso groups, excluding NO2 is 1. The van der Waals surface area contributed by atoms with Crippen LogP contribution >= 0.6 is 0 Å². The minimum absolute atomic E-state index is 0.426. The van der Waals surface area contributed by atoms with Gasteiger partial charge in [-0.25, -0.2) is 0 Å². The van der Waals surface area contributed by atoms with Crippen molar-refractivity contribution in [2.24, 2.45) is 5.18 Å². The SMILES string of the molecule is Cc1ccc(-c2cccc(N=O)c2)nc1. The van der Waals surface area contributed by atoms with E-state index in [1.54, 1.807) is 24.4 Å². The molecule has 3 nitrogen and oxygen atoms in total. The van der Waals surface area contributed by atoms with Gasteiger partial charge in [-0.2, -0.15) is 0 Å². The zero-order valence-electron chi connectivity index (χ0n) is 8.34. The van der Waals surface area contributed by atoms with Gasteiger partial charge in [-0.15, -0.1) is 4.91 Å². The van der Waals surface area contributed by atoms with Gasteiger partial charge in [0.15, 0.2) is 0 Å². The van der Waals surface area contributed by atoms with Crippen molar-refractivity contribution in [2.75, 3.05) is 0 Å². The maximum Gasteiger partial charge on any atom is 0.108 e. The van der Waals surface area contributed by atoms with Gasteiger partial charge < -0.3 is 0 Å². The second-order valence-corrected chi connectivity index (χ2v) is 3.36. The number of hydrogen-bond acceptors (Lipinski definition) is 3. The van der Waals surface area contributed by atoms with Crippen LogP contribution in [0.5, 0.6) is 0 Å². The van der Waals surface area contributed by atoms with Gasteiger partial charge in [0.25, 0.3) is 0 Å². The summed E-state index contributed by atoms with van der Waals surface area (Å²) in [6.07, 6.45) is 1.80. The van der Waals surface area contributed by atoms with Crippen LogP contribution in [0.4, 0.5) is 5.69 Å². The van der Waals surface area contributed by atoms with E-state index >= 15 is 0 Å². The molecule has 2 aromatic rings. The topological polar surface area (TPSA) is 42.3 Å². The van der Waals surface area contributed by atoms with Crippen molar-refractivity contribution >= 4 is 5.69 Å². The van der Waals surface area contributed by atoms with Gasteiger partial charge in [-0.3, -0.25) is 4.98 Å². The Morgan fingerprint density at radius 1 is 1.20 bits per heavy atom. The van der Waals surface area contributed by atoms with Crippen LogP contribution in [0.3, 0.4) is 0 Å². The van der Waals surface area contributed by atoms with Gasteiger partial charge in [0.05, 0.1) is 5.69 Å². The van der Waals surface area contributed by atoms with E-state index in [0.29, 0.717) is 5.69 Å². The Hall–Kier alpha value is -2.03. The molecule has 1 heterocycles. The number of benzene rings is 1. The van der Waals surface area contributed by atoms with Crippen molar-refractivity contribution in [3.63, 3.8) is 0 Å². The van der Waals surface area contributed by atoms with Gasteiger partial charge in [0.2, 0.25) is 0 Å². The summed E-state index contributed by atoms with van der Waals surface area (Å²) in [5.41, 5.74) is 3.30. The van der Waals surface area contributed by atoms with E-state index in [1.807, 2.05) is 25.1 Å². The third kappa shape index (κ3) is 2.07. The fraction of sp³-hybridized carbons (Fsp3) is 0.0833. The minimum Gasteiger partial charge on any atom is -0.256 e. The molecule has 0 saturated carbocycles. The van der Waals surface area contributed by atoms with Crippen molar-refractivity contribution in [2.45, 2.75) is 6.92 Å². The summed E-state index contributed by atoms with van der Waals surface area (Å²) in [5.74, 6) is 0. The molecule has 0 fully saturated rings. The highest BCUT2D eigenvalue weighted by molar-refractivity contribution is 5.63. The Morgan fingerprint density at radius 2 is 2.07 bits per heavy atom. The maximum atomic E-state index is 10.4. The first-order valence-electron chi connectivity index (χ1n) is 4.66. The highest BCUT2D eigenvalue weighted by Gasteiger charge is 1.99. The van der Waals surface area contributed by atoms with E-state index in [-0.39, 0.29) is 0 Å². The molecule has 0 radical (unpaired) electrons. The molecule has 0 unspecified atom stereocenters. The number of aryl methyl sites for hydroxylation is 1. The monoisotopic (exact) mass is 198 g/mol. The quantitative estimate of drug-likeness (QED) is 0.693. The molecular weight excluding hydrogens is 188 g/mol. The standard InChI is InChI=1S/C12H10N2O/c1-9-5-6-12(13-8-9)10-3-2-4-11(7-10)14-15/h2-8H,1H3. The van der Waals surface area contributed by atoms with Crippen LogP contribution in [0, 0.1) is 11.8 Å². The molecule has 3 heteroatoms. The average molecular weight is 198 g/mol. The Morgan fingerprint density at radius 3 is 2.73 bits per heavy atom. The highest BCUT2D eigenvalue weighted by Crippen LogP contribution is 2.22. The fourth-order valence-corrected chi connectivity index (χ4v) is 1.36. The van der Waals surface area contributed by atoms with E-state index in [9.17, 15) is 4.91 Å². The third-order valence-corrected chi connectivity index (χ3v) is 2.16. The van der Waals surface area contributed by atoms with Gasteiger partial charge in [-0.1, -0.05) is 18.2 Å². The first-order valence-corrected chi connectivity index (χ1v) is 4.66. The van der Waals surface area contributed by atoms with Crippen LogP contribution in [0.15, 0.2) is 47.8 Å².